The van der Waals surface area contributed by atoms with E-state index in [9.17, 15) is 5.11 Å². The highest BCUT2D eigenvalue weighted by atomic mass is 16.5. The molecule has 3 nitrogen and oxygen atoms in total. The third-order valence-electron chi connectivity index (χ3n) is 7.05. The highest BCUT2D eigenvalue weighted by Crippen LogP contribution is 2.28. The number of rotatable bonds is 18. The fourth-order valence-electron chi connectivity index (χ4n) is 4.77. The lowest BCUT2D eigenvalue weighted by Gasteiger charge is -2.17. The largest absolute Gasteiger partial charge is 0.508 e. The van der Waals surface area contributed by atoms with E-state index in [1.54, 1.807) is 6.07 Å². The van der Waals surface area contributed by atoms with E-state index in [-0.39, 0.29) is 5.75 Å². The first kappa shape index (κ1) is 28.6. The Labute approximate surface area is 224 Å². The third-order valence-corrected chi connectivity index (χ3v) is 7.05. The van der Waals surface area contributed by atoms with Crippen LogP contribution < -0.4 is 9.47 Å². The minimum atomic E-state index is 0.252. The maximum Gasteiger partial charge on any atom is 0.123 e. The number of hydrogen-bond donors (Lipinski definition) is 1. The van der Waals surface area contributed by atoms with Crippen LogP contribution in [0.25, 0.3) is 0 Å². The van der Waals surface area contributed by atoms with Crippen LogP contribution in [0.3, 0.4) is 0 Å². The Hall–Kier alpha value is -2.94. The van der Waals surface area contributed by atoms with Gasteiger partial charge >= 0.3 is 0 Å². The van der Waals surface area contributed by atoms with Gasteiger partial charge in [0.1, 0.15) is 30.5 Å². The first-order valence-corrected chi connectivity index (χ1v) is 14.4. The van der Waals surface area contributed by atoms with Crippen LogP contribution in [0.1, 0.15) is 100 Å². The van der Waals surface area contributed by atoms with Crippen molar-refractivity contribution >= 4 is 0 Å². The molecule has 3 heteroatoms. The molecular formula is C34H46O3. The number of aromatic hydroxyl groups is 1. The van der Waals surface area contributed by atoms with E-state index in [0.29, 0.717) is 13.2 Å². The molecule has 0 amide bonds. The van der Waals surface area contributed by atoms with E-state index in [1.807, 2.05) is 30.3 Å². The molecule has 0 radical (unpaired) electrons. The molecule has 200 valence electrons. The fourth-order valence-corrected chi connectivity index (χ4v) is 4.77. The van der Waals surface area contributed by atoms with Gasteiger partial charge in [0.2, 0.25) is 0 Å². The van der Waals surface area contributed by atoms with Crippen molar-refractivity contribution in [2.45, 2.75) is 104 Å². The molecule has 0 unspecified atom stereocenters. The Morgan fingerprint density at radius 1 is 0.514 bits per heavy atom. The Bertz CT molecular complexity index is 1040. The SMILES string of the molecule is CCCCCCCc1ccccc1OCc1cccc(O)c1COc1ccccc1CCCCCCC. The van der Waals surface area contributed by atoms with Crippen LogP contribution in [-0.4, -0.2) is 5.11 Å². The zero-order valence-corrected chi connectivity index (χ0v) is 23.0. The summed E-state index contributed by atoms with van der Waals surface area (Å²) in [5, 5.41) is 10.7. The van der Waals surface area contributed by atoms with Crippen molar-refractivity contribution in [3.05, 3.63) is 89.0 Å². The topological polar surface area (TPSA) is 38.7 Å². The van der Waals surface area contributed by atoms with E-state index >= 15 is 0 Å². The first-order valence-electron chi connectivity index (χ1n) is 14.4. The molecule has 0 aliphatic heterocycles. The summed E-state index contributed by atoms with van der Waals surface area (Å²) in [4.78, 5) is 0. The maximum atomic E-state index is 10.7. The molecule has 0 aromatic heterocycles. The number of benzene rings is 3. The molecule has 0 bridgehead atoms. The van der Waals surface area contributed by atoms with Crippen LogP contribution in [0.5, 0.6) is 17.2 Å². The van der Waals surface area contributed by atoms with Gasteiger partial charge in [0.15, 0.2) is 0 Å². The molecule has 1 N–H and O–H groups in total. The minimum Gasteiger partial charge on any atom is -0.508 e. The van der Waals surface area contributed by atoms with Crippen LogP contribution in [-0.2, 0) is 26.1 Å². The quantitative estimate of drug-likeness (QED) is 0.176. The number of phenolic OH excluding ortho intramolecular Hbond substituents is 1. The monoisotopic (exact) mass is 502 g/mol. The van der Waals surface area contributed by atoms with Gasteiger partial charge in [0, 0.05) is 5.56 Å². The summed E-state index contributed by atoms with van der Waals surface area (Å²) in [6.07, 6.45) is 14.7. The summed E-state index contributed by atoms with van der Waals surface area (Å²) in [6, 6.07) is 22.2. The Kier molecular flexibility index (Phi) is 12.9. The second kappa shape index (κ2) is 16.7. The van der Waals surface area contributed by atoms with Crippen molar-refractivity contribution < 1.29 is 14.6 Å². The molecule has 3 aromatic rings. The average Bonchev–Trinajstić information content (AvgIpc) is 2.92. The highest BCUT2D eigenvalue weighted by molar-refractivity contribution is 5.41. The van der Waals surface area contributed by atoms with Gasteiger partial charge in [-0.1, -0.05) is 114 Å². The second-order valence-electron chi connectivity index (χ2n) is 10.0. The molecule has 0 aliphatic rings. The number of hydrogen-bond acceptors (Lipinski definition) is 3. The van der Waals surface area contributed by atoms with E-state index in [4.69, 9.17) is 9.47 Å². The Morgan fingerprint density at radius 2 is 1.00 bits per heavy atom. The van der Waals surface area contributed by atoms with Crippen molar-refractivity contribution in [1.29, 1.82) is 0 Å². The van der Waals surface area contributed by atoms with Crippen LogP contribution in [0.4, 0.5) is 0 Å². The normalized spacial score (nSPS) is 11.0. The van der Waals surface area contributed by atoms with Gasteiger partial charge in [-0.25, -0.2) is 0 Å². The molecule has 0 spiro atoms. The molecule has 0 saturated heterocycles. The molecule has 0 saturated carbocycles. The molecule has 0 atom stereocenters. The van der Waals surface area contributed by atoms with Crippen molar-refractivity contribution in [2.75, 3.05) is 0 Å². The summed E-state index contributed by atoms with van der Waals surface area (Å²) >= 11 is 0. The van der Waals surface area contributed by atoms with Crippen LogP contribution in [0, 0.1) is 0 Å². The van der Waals surface area contributed by atoms with E-state index in [0.717, 1.165) is 35.5 Å². The number of unbranched alkanes of at least 4 members (excludes halogenated alkanes) is 8. The summed E-state index contributed by atoms with van der Waals surface area (Å²) < 4.78 is 12.6. The van der Waals surface area contributed by atoms with Crippen molar-refractivity contribution in [3.8, 4) is 17.2 Å². The van der Waals surface area contributed by atoms with Gasteiger partial charge in [0.05, 0.1) is 0 Å². The first-order chi connectivity index (χ1) is 18.2. The van der Waals surface area contributed by atoms with Crippen LogP contribution >= 0.6 is 0 Å². The Morgan fingerprint density at radius 3 is 1.57 bits per heavy atom. The van der Waals surface area contributed by atoms with Crippen molar-refractivity contribution in [3.63, 3.8) is 0 Å². The molecule has 3 rings (SSSR count). The lowest BCUT2D eigenvalue weighted by Crippen LogP contribution is -2.06. The Balaban J connectivity index is 1.61. The van der Waals surface area contributed by atoms with Gasteiger partial charge < -0.3 is 14.6 Å². The fraction of sp³-hybridized carbons (Fsp3) is 0.471. The lowest BCUT2D eigenvalue weighted by atomic mass is 10.0. The van der Waals surface area contributed by atoms with Gasteiger partial charge in [0.25, 0.3) is 0 Å². The van der Waals surface area contributed by atoms with Crippen molar-refractivity contribution in [1.82, 2.24) is 0 Å². The predicted molar refractivity (Wildman–Crippen MR) is 155 cm³/mol. The smallest absolute Gasteiger partial charge is 0.123 e. The summed E-state index contributed by atoms with van der Waals surface area (Å²) in [7, 11) is 0. The van der Waals surface area contributed by atoms with E-state index < -0.39 is 0 Å². The van der Waals surface area contributed by atoms with Gasteiger partial charge in [-0.2, -0.15) is 0 Å². The van der Waals surface area contributed by atoms with Gasteiger partial charge in [-0.15, -0.1) is 0 Å². The summed E-state index contributed by atoms with van der Waals surface area (Å²) in [5.41, 5.74) is 4.23. The van der Waals surface area contributed by atoms with Crippen LogP contribution in [0.15, 0.2) is 66.7 Å². The molecular weight excluding hydrogens is 456 g/mol. The second-order valence-corrected chi connectivity index (χ2v) is 10.0. The zero-order chi connectivity index (χ0) is 26.1. The van der Waals surface area contributed by atoms with Gasteiger partial charge in [-0.05, 0) is 60.6 Å². The molecule has 0 fully saturated rings. The number of phenols is 1. The average molecular weight is 503 g/mol. The van der Waals surface area contributed by atoms with E-state index in [1.165, 1.54) is 75.3 Å². The third kappa shape index (κ3) is 9.80. The lowest BCUT2D eigenvalue weighted by molar-refractivity contribution is 0.277. The zero-order valence-electron chi connectivity index (χ0n) is 23.0. The van der Waals surface area contributed by atoms with Gasteiger partial charge in [-0.3, -0.25) is 0 Å². The van der Waals surface area contributed by atoms with Crippen LogP contribution in [0.2, 0.25) is 0 Å². The standard InChI is InChI=1S/C34H46O3/c1-3-5-7-9-11-18-28-20-13-15-24-33(28)36-26-30-22-17-23-32(35)31(30)27-37-34-25-16-14-21-29(34)19-12-10-8-6-4-2/h13-17,20-25,35H,3-12,18-19,26-27H2,1-2H3. The minimum absolute atomic E-state index is 0.252. The summed E-state index contributed by atoms with van der Waals surface area (Å²) in [6.45, 7) is 5.21. The van der Waals surface area contributed by atoms with Crippen molar-refractivity contribution in [2.24, 2.45) is 0 Å². The molecule has 0 heterocycles. The number of para-hydroxylation sites is 2. The highest BCUT2D eigenvalue weighted by Gasteiger charge is 2.12. The molecule has 37 heavy (non-hydrogen) atoms. The number of aryl methyl sites for hydroxylation is 2. The maximum absolute atomic E-state index is 10.7. The summed E-state index contributed by atoms with van der Waals surface area (Å²) in [5.74, 6) is 2.09. The predicted octanol–water partition coefficient (Wildman–Crippen LogP) is 9.58. The van der Waals surface area contributed by atoms with E-state index in [2.05, 4.69) is 44.2 Å². The molecule has 3 aromatic carbocycles. The molecule has 0 aliphatic carbocycles. The number of ether oxygens (including phenoxy) is 2.